The summed E-state index contributed by atoms with van der Waals surface area (Å²) in [5, 5.41) is 3.87. The molecule has 1 aromatic heterocycles. The number of hydrogen-bond acceptors (Lipinski definition) is 4. The first-order valence-electron chi connectivity index (χ1n) is 6.96. The van der Waals surface area contributed by atoms with Crippen molar-refractivity contribution in [3.8, 4) is 5.75 Å². The number of nitrogens with zero attached hydrogens (tertiary/aromatic N) is 1. The molecule has 1 aliphatic rings. The van der Waals surface area contributed by atoms with Crippen LogP contribution >= 0.6 is 11.3 Å². The van der Waals surface area contributed by atoms with Crippen LogP contribution in [0.5, 0.6) is 5.75 Å². The number of hydrazone groups is 1. The van der Waals surface area contributed by atoms with Gasteiger partial charge < -0.3 is 4.74 Å². The van der Waals surface area contributed by atoms with Crippen molar-refractivity contribution in [2.45, 2.75) is 19.3 Å². The molecule has 6 heteroatoms. The first-order chi connectivity index (χ1) is 10.7. The number of rotatable bonds is 4. The molecule has 1 aliphatic carbocycles. The number of ether oxygens (including phenoxy) is 1. The first kappa shape index (κ1) is 14.7. The van der Waals surface area contributed by atoms with E-state index in [-0.39, 0.29) is 11.7 Å². The molecule has 0 radical (unpaired) electrons. The Morgan fingerprint density at radius 1 is 1.41 bits per heavy atom. The van der Waals surface area contributed by atoms with E-state index in [0.29, 0.717) is 10.4 Å². The Kier molecular flexibility index (Phi) is 4.20. The van der Waals surface area contributed by atoms with Gasteiger partial charge in [0, 0.05) is 4.88 Å². The summed E-state index contributed by atoms with van der Waals surface area (Å²) in [4.78, 5) is 14.0. The number of halogens is 1. The fourth-order valence-electron chi connectivity index (χ4n) is 2.42. The lowest BCUT2D eigenvalue weighted by Gasteiger charge is -2.01. The Hall–Kier alpha value is -2.21. The number of methoxy groups -OCH3 is 1. The molecular formula is C16H15FN2O2S. The molecule has 3 rings (SSSR count). The molecule has 1 N–H and O–H groups in total. The molecule has 0 saturated heterocycles. The fraction of sp³-hybridized carbons (Fsp3) is 0.250. The minimum absolute atomic E-state index is 0.175. The number of amides is 1. The van der Waals surface area contributed by atoms with Crippen LogP contribution in [-0.4, -0.2) is 19.2 Å². The third kappa shape index (κ3) is 3.01. The van der Waals surface area contributed by atoms with E-state index in [9.17, 15) is 9.18 Å². The lowest BCUT2D eigenvalue weighted by atomic mass is 10.2. The van der Waals surface area contributed by atoms with E-state index >= 15 is 0 Å². The highest BCUT2D eigenvalue weighted by atomic mass is 32.1. The van der Waals surface area contributed by atoms with Gasteiger partial charge in [0.15, 0.2) is 11.6 Å². The van der Waals surface area contributed by atoms with Gasteiger partial charge >= 0.3 is 0 Å². The third-order valence-electron chi connectivity index (χ3n) is 3.53. The molecule has 1 amide bonds. The van der Waals surface area contributed by atoms with Gasteiger partial charge in [-0.05, 0) is 54.7 Å². The maximum atomic E-state index is 13.5. The Morgan fingerprint density at radius 3 is 3.00 bits per heavy atom. The predicted molar refractivity (Wildman–Crippen MR) is 84.4 cm³/mol. The zero-order valence-electron chi connectivity index (χ0n) is 12.1. The van der Waals surface area contributed by atoms with E-state index in [4.69, 9.17) is 4.74 Å². The van der Waals surface area contributed by atoms with E-state index < -0.39 is 5.82 Å². The number of thiophene rings is 1. The van der Waals surface area contributed by atoms with E-state index in [1.54, 1.807) is 6.07 Å². The molecule has 0 aliphatic heterocycles. The summed E-state index contributed by atoms with van der Waals surface area (Å²) in [5.41, 5.74) is 4.29. The number of carbonyl (C=O) groups excluding carboxylic acids is 1. The van der Waals surface area contributed by atoms with Crippen LogP contribution in [-0.2, 0) is 12.8 Å². The van der Waals surface area contributed by atoms with Crippen molar-refractivity contribution >= 4 is 23.5 Å². The normalized spacial score (nSPS) is 13.4. The highest BCUT2D eigenvalue weighted by Crippen LogP contribution is 2.30. The van der Waals surface area contributed by atoms with Gasteiger partial charge in [-0.15, -0.1) is 11.3 Å². The van der Waals surface area contributed by atoms with Gasteiger partial charge in [-0.25, -0.2) is 9.82 Å². The van der Waals surface area contributed by atoms with E-state index in [1.165, 1.54) is 53.7 Å². The molecule has 1 aromatic carbocycles. The molecule has 114 valence electrons. The lowest BCUT2D eigenvalue weighted by Crippen LogP contribution is -2.16. The smallest absolute Gasteiger partial charge is 0.281 e. The second kappa shape index (κ2) is 6.27. The fourth-order valence-corrected chi connectivity index (χ4v) is 3.57. The van der Waals surface area contributed by atoms with Crippen molar-refractivity contribution in [3.63, 3.8) is 0 Å². The largest absolute Gasteiger partial charge is 0.494 e. The Bertz CT molecular complexity index is 718. The number of fused-ring (bicyclic) bond motifs is 1. The van der Waals surface area contributed by atoms with E-state index in [0.717, 1.165) is 12.8 Å². The summed E-state index contributed by atoms with van der Waals surface area (Å²) >= 11 is 1.52. The number of nitrogens with one attached hydrogen (secondary N) is 1. The number of carbonyl (C=O) groups is 1. The Balaban J connectivity index is 1.63. The van der Waals surface area contributed by atoms with Crippen LogP contribution in [0.15, 0.2) is 29.4 Å². The van der Waals surface area contributed by atoms with Crippen LogP contribution in [0, 0.1) is 5.82 Å². The second-order valence-electron chi connectivity index (χ2n) is 5.01. The van der Waals surface area contributed by atoms with Gasteiger partial charge in [0.1, 0.15) is 0 Å². The topological polar surface area (TPSA) is 50.7 Å². The zero-order valence-corrected chi connectivity index (χ0v) is 12.9. The van der Waals surface area contributed by atoms with Crippen molar-refractivity contribution in [3.05, 3.63) is 51.0 Å². The lowest BCUT2D eigenvalue weighted by molar-refractivity contribution is 0.0959. The van der Waals surface area contributed by atoms with Crippen molar-refractivity contribution in [1.82, 2.24) is 5.43 Å². The van der Waals surface area contributed by atoms with Gasteiger partial charge in [0.05, 0.1) is 18.2 Å². The van der Waals surface area contributed by atoms with Crippen molar-refractivity contribution in [2.75, 3.05) is 7.11 Å². The highest BCUT2D eigenvalue weighted by molar-refractivity contribution is 7.14. The molecule has 4 nitrogen and oxygen atoms in total. The van der Waals surface area contributed by atoms with Crippen LogP contribution < -0.4 is 10.2 Å². The summed E-state index contributed by atoms with van der Waals surface area (Å²) in [6.45, 7) is 0. The molecule has 0 bridgehead atoms. The van der Waals surface area contributed by atoms with Gasteiger partial charge in [-0.1, -0.05) is 0 Å². The summed E-state index contributed by atoms with van der Waals surface area (Å²) in [7, 11) is 1.41. The van der Waals surface area contributed by atoms with Crippen LogP contribution in [0.3, 0.4) is 0 Å². The van der Waals surface area contributed by atoms with Crippen LogP contribution in [0.2, 0.25) is 0 Å². The predicted octanol–water partition coefficient (Wildman–Crippen LogP) is 3.15. The van der Waals surface area contributed by atoms with Crippen LogP contribution in [0.4, 0.5) is 4.39 Å². The summed E-state index contributed by atoms with van der Waals surface area (Å²) < 4.78 is 18.4. The zero-order chi connectivity index (χ0) is 15.5. The molecule has 0 fully saturated rings. The van der Waals surface area contributed by atoms with Gasteiger partial charge in [-0.3, -0.25) is 4.79 Å². The number of hydrogen-bond donors (Lipinski definition) is 1. The standard InChI is InChI=1S/C16H15FN2O2S/c1-21-13-6-5-10(7-12(13)17)9-18-19-16(20)15-8-11-3-2-4-14(11)22-15/h5-9H,2-4H2,1H3,(H,19,20)/b18-9-. The van der Waals surface area contributed by atoms with Crippen molar-refractivity contribution in [2.24, 2.45) is 5.10 Å². The van der Waals surface area contributed by atoms with Crippen LogP contribution in [0.25, 0.3) is 0 Å². The maximum Gasteiger partial charge on any atom is 0.281 e. The number of aryl methyl sites for hydroxylation is 2. The second-order valence-corrected chi connectivity index (χ2v) is 6.14. The Labute approximate surface area is 131 Å². The summed E-state index contributed by atoms with van der Waals surface area (Å²) in [6, 6.07) is 6.42. The van der Waals surface area contributed by atoms with Gasteiger partial charge in [-0.2, -0.15) is 5.10 Å². The summed E-state index contributed by atoms with van der Waals surface area (Å²) in [6.07, 6.45) is 4.68. The molecular weight excluding hydrogens is 303 g/mol. The van der Waals surface area contributed by atoms with Crippen molar-refractivity contribution < 1.29 is 13.9 Å². The Morgan fingerprint density at radius 2 is 2.27 bits per heavy atom. The molecule has 0 saturated carbocycles. The van der Waals surface area contributed by atoms with E-state index in [1.807, 2.05) is 6.07 Å². The molecule has 0 spiro atoms. The summed E-state index contributed by atoms with van der Waals surface area (Å²) in [5.74, 6) is -0.522. The van der Waals surface area contributed by atoms with Crippen LogP contribution in [0.1, 0.15) is 32.1 Å². The molecule has 1 heterocycles. The third-order valence-corrected chi connectivity index (χ3v) is 4.76. The minimum Gasteiger partial charge on any atom is -0.494 e. The van der Waals surface area contributed by atoms with Crippen molar-refractivity contribution in [1.29, 1.82) is 0 Å². The maximum absolute atomic E-state index is 13.5. The molecule has 22 heavy (non-hydrogen) atoms. The van der Waals surface area contributed by atoms with Gasteiger partial charge in [0.25, 0.3) is 5.91 Å². The molecule has 0 atom stereocenters. The molecule has 0 unspecified atom stereocenters. The average Bonchev–Trinajstić information content (AvgIpc) is 3.08. The van der Waals surface area contributed by atoms with E-state index in [2.05, 4.69) is 10.5 Å². The minimum atomic E-state index is -0.465. The molecule has 2 aromatic rings. The van der Waals surface area contributed by atoms with Gasteiger partial charge in [0.2, 0.25) is 0 Å². The number of benzene rings is 1. The average molecular weight is 318 g/mol. The highest BCUT2D eigenvalue weighted by Gasteiger charge is 2.18. The SMILES string of the molecule is COc1ccc(/C=N\NC(=O)c2cc3c(s2)CCC3)cc1F. The quantitative estimate of drug-likeness (QED) is 0.695. The monoisotopic (exact) mass is 318 g/mol. The first-order valence-corrected chi connectivity index (χ1v) is 7.77.